The minimum atomic E-state index is -0.807. The van der Waals surface area contributed by atoms with E-state index in [1.165, 1.54) is 12.8 Å². The average Bonchev–Trinajstić information content (AvgIpc) is 2.79. The van der Waals surface area contributed by atoms with Gasteiger partial charge in [0.25, 0.3) is 0 Å². The Morgan fingerprint density at radius 1 is 0.750 bits per heavy atom. The van der Waals surface area contributed by atoms with Gasteiger partial charge in [-0.05, 0) is 38.5 Å². The summed E-state index contributed by atoms with van der Waals surface area (Å²) in [5, 5.41) is 11.0. The van der Waals surface area contributed by atoms with E-state index < -0.39 is 30.7 Å². The molecule has 0 aliphatic carbocycles. The molecule has 0 radical (unpaired) electrons. The van der Waals surface area contributed by atoms with Gasteiger partial charge >= 0.3 is 0 Å². The molecule has 0 aromatic carbocycles. The molecule has 6 heteroatoms. The van der Waals surface area contributed by atoms with Gasteiger partial charge < -0.3 is 28.8 Å². The van der Waals surface area contributed by atoms with Crippen LogP contribution in [0.4, 0.5) is 0 Å². The van der Waals surface area contributed by atoms with Crippen LogP contribution in [0.1, 0.15) is 91.4 Å². The molecule has 5 atom stereocenters. The summed E-state index contributed by atoms with van der Waals surface area (Å²) in [6, 6.07) is 0. The van der Waals surface area contributed by atoms with Crippen LogP contribution in [0, 0.1) is 0 Å². The van der Waals surface area contributed by atoms with Gasteiger partial charge in [-0.1, -0.05) is 59.0 Å². The van der Waals surface area contributed by atoms with Crippen molar-refractivity contribution in [3.8, 4) is 0 Å². The van der Waals surface area contributed by atoms with Crippen LogP contribution < -0.4 is 0 Å². The van der Waals surface area contributed by atoms with Crippen molar-refractivity contribution in [2.45, 2.75) is 122 Å². The zero-order chi connectivity index (χ0) is 23.4. The normalized spacial score (nSPS) is 25.8. The topological polar surface area (TPSA) is 66.4 Å². The number of hydrogen-bond acceptors (Lipinski definition) is 6. The second kappa shape index (κ2) is 19.9. The Bertz CT molecular complexity index is 433. The van der Waals surface area contributed by atoms with Crippen molar-refractivity contribution in [3.63, 3.8) is 0 Å². The molecule has 32 heavy (non-hydrogen) atoms. The van der Waals surface area contributed by atoms with Crippen LogP contribution in [0.5, 0.6) is 0 Å². The Kier molecular flexibility index (Phi) is 18.4. The second-order valence-electron chi connectivity index (χ2n) is 8.70. The lowest BCUT2D eigenvalue weighted by molar-refractivity contribution is -0.318. The van der Waals surface area contributed by atoms with Gasteiger partial charge in [-0.3, -0.25) is 0 Å². The molecule has 1 N–H and O–H groups in total. The highest BCUT2D eigenvalue weighted by molar-refractivity contribution is 4.92. The monoisotopic (exact) mass is 458 g/mol. The Labute approximate surface area is 197 Å². The van der Waals surface area contributed by atoms with E-state index >= 15 is 0 Å². The van der Waals surface area contributed by atoms with Gasteiger partial charge in [0.2, 0.25) is 0 Å². The predicted molar refractivity (Wildman–Crippen MR) is 129 cm³/mol. The quantitative estimate of drug-likeness (QED) is 0.183. The van der Waals surface area contributed by atoms with Crippen LogP contribution in [0.3, 0.4) is 0 Å². The molecule has 0 saturated carbocycles. The van der Waals surface area contributed by atoms with Crippen molar-refractivity contribution in [2.24, 2.45) is 0 Å². The maximum atomic E-state index is 11.0. The van der Waals surface area contributed by atoms with Gasteiger partial charge in [0.15, 0.2) is 6.29 Å². The number of rotatable bonds is 21. The van der Waals surface area contributed by atoms with Crippen LogP contribution in [-0.2, 0) is 23.7 Å². The smallest absolute Gasteiger partial charge is 0.186 e. The average molecular weight is 459 g/mol. The van der Waals surface area contributed by atoms with Crippen LogP contribution >= 0.6 is 0 Å². The first-order chi connectivity index (χ1) is 15.7. The first kappa shape index (κ1) is 29.5. The number of unbranched alkanes of at least 4 members (excludes halogenated alkanes) is 7. The molecular weight excluding hydrogens is 408 g/mol. The summed E-state index contributed by atoms with van der Waals surface area (Å²) in [5.41, 5.74) is 0. The van der Waals surface area contributed by atoms with E-state index in [0.717, 1.165) is 57.8 Å². The third-order valence-corrected chi connectivity index (χ3v) is 5.74. The lowest BCUT2D eigenvalue weighted by Gasteiger charge is -2.44. The minimum absolute atomic E-state index is 0.331. The highest BCUT2D eigenvalue weighted by Gasteiger charge is 2.47. The number of ether oxygens (including phenoxy) is 5. The van der Waals surface area contributed by atoms with Gasteiger partial charge in [-0.2, -0.15) is 0 Å². The van der Waals surface area contributed by atoms with Crippen LogP contribution in [0.25, 0.3) is 0 Å². The van der Waals surface area contributed by atoms with Gasteiger partial charge in [-0.25, -0.2) is 0 Å². The fraction of sp³-hybridized carbons (Fsp3) is 0.923. The first-order valence-corrected chi connectivity index (χ1v) is 13.1. The van der Waals surface area contributed by atoms with Crippen LogP contribution in [0.15, 0.2) is 12.7 Å². The maximum Gasteiger partial charge on any atom is 0.186 e. The lowest BCUT2D eigenvalue weighted by atomic mass is 9.98. The number of aliphatic hydroxyl groups excluding tert-OH is 1. The molecule has 0 spiro atoms. The summed E-state index contributed by atoms with van der Waals surface area (Å²) in [6.07, 6.45) is 10.7. The summed E-state index contributed by atoms with van der Waals surface area (Å²) < 4.78 is 30.4. The first-order valence-electron chi connectivity index (χ1n) is 13.1. The van der Waals surface area contributed by atoms with E-state index in [1.807, 2.05) is 6.08 Å². The van der Waals surface area contributed by atoms with Gasteiger partial charge in [-0.15, -0.1) is 6.58 Å². The zero-order valence-corrected chi connectivity index (χ0v) is 21.0. The summed E-state index contributed by atoms with van der Waals surface area (Å²) in [7, 11) is 0. The molecule has 1 fully saturated rings. The van der Waals surface area contributed by atoms with E-state index in [4.69, 9.17) is 23.7 Å². The van der Waals surface area contributed by atoms with Gasteiger partial charge in [0.05, 0.1) is 6.61 Å². The largest absolute Gasteiger partial charge is 0.387 e. The van der Waals surface area contributed by atoms with E-state index in [2.05, 4.69) is 27.4 Å². The van der Waals surface area contributed by atoms with Crippen LogP contribution in [-0.4, -0.2) is 68.8 Å². The highest BCUT2D eigenvalue weighted by Crippen LogP contribution is 2.28. The van der Waals surface area contributed by atoms with Crippen molar-refractivity contribution >= 4 is 0 Å². The molecule has 1 saturated heterocycles. The summed E-state index contributed by atoms with van der Waals surface area (Å²) >= 11 is 0. The van der Waals surface area contributed by atoms with Crippen molar-refractivity contribution in [3.05, 3.63) is 12.7 Å². The lowest BCUT2D eigenvalue weighted by Crippen LogP contribution is -2.61. The summed E-state index contributed by atoms with van der Waals surface area (Å²) in [5.74, 6) is 0. The SMILES string of the molecule is C=CCCCCCCO[C@@H]1OC(COCCCC)[C@@H](O)C(OCCCC)[C@@H]1OCCCC. The molecule has 6 nitrogen and oxygen atoms in total. The van der Waals surface area contributed by atoms with Crippen LogP contribution in [0.2, 0.25) is 0 Å². The molecule has 2 unspecified atom stereocenters. The summed E-state index contributed by atoms with van der Waals surface area (Å²) in [4.78, 5) is 0. The van der Waals surface area contributed by atoms with Crippen molar-refractivity contribution < 1.29 is 28.8 Å². The van der Waals surface area contributed by atoms with E-state index in [-0.39, 0.29) is 0 Å². The third kappa shape index (κ3) is 12.1. The van der Waals surface area contributed by atoms with Gasteiger partial charge in [0, 0.05) is 26.4 Å². The van der Waals surface area contributed by atoms with Gasteiger partial charge in [0.1, 0.15) is 24.4 Å². The number of allylic oxidation sites excluding steroid dienone is 1. The van der Waals surface area contributed by atoms with E-state index in [9.17, 15) is 5.11 Å². The van der Waals surface area contributed by atoms with Crippen molar-refractivity contribution in [1.82, 2.24) is 0 Å². The predicted octanol–water partition coefficient (Wildman–Crippen LogP) is 5.41. The Morgan fingerprint density at radius 2 is 1.34 bits per heavy atom. The summed E-state index contributed by atoms with van der Waals surface area (Å²) in [6.45, 7) is 13.0. The standard InChI is InChI=1S/C26H50O6/c1-5-9-13-14-15-16-20-31-26-25(30-19-12-8-4)24(29-18-11-7-3)23(27)22(32-26)21-28-17-10-6-2/h5,22-27H,1,6-21H2,2-4H3/t22?,23-,24?,25+,26-/m1/s1. The number of aliphatic hydroxyl groups is 1. The fourth-order valence-corrected chi connectivity index (χ4v) is 3.65. The Hall–Kier alpha value is -0.500. The molecule has 0 bridgehead atoms. The molecule has 1 heterocycles. The Balaban J connectivity index is 2.74. The van der Waals surface area contributed by atoms with E-state index in [0.29, 0.717) is 33.0 Å². The van der Waals surface area contributed by atoms with Crippen molar-refractivity contribution in [1.29, 1.82) is 0 Å². The zero-order valence-electron chi connectivity index (χ0n) is 21.0. The third-order valence-electron chi connectivity index (χ3n) is 5.74. The minimum Gasteiger partial charge on any atom is -0.387 e. The molecule has 190 valence electrons. The second-order valence-corrected chi connectivity index (χ2v) is 8.70. The molecule has 0 amide bonds. The molecular formula is C26H50O6. The maximum absolute atomic E-state index is 11.0. The molecule has 1 aliphatic heterocycles. The van der Waals surface area contributed by atoms with E-state index in [1.54, 1.807) is 0 Å². The molecule has 0 aromatic rings. The molecule has 1 rings (SSSR count). The molecule has 1 aliphatic rings. The highest BCUT2D eigenvalue weighted by atomic mass is 16.7. The fourth-order valence-electron chi connectivity index (χ4n) is 3.65. The number of hydrogen-bond donors (Lipinski definition) is 1. The van der Waals surface area contributed by atoms with Crippen molar-refractivity contribution in [2.75, 3.05) is 33.0 Å². The molecule has 0 aromatic heterocycles. The Morgan fingerprint density at radius 3 is 2.00 bits per heavy atom.